The molecule has 0 radical (unpaired) electrons. The van der Waals surface area contributed by atoms with Gasteiger partial charge in [-0.25, -0.2) is 4.39 Å². The van der Waals surface area contributed by atoms with E-state index in [2.05, 4.69) is 0 Å². The van der Waals surface area contributed by atoms with Gasteiger partial charge in [0, 0.05) is 6.20 Å². The smallest absolute Gasteiger partial charge is 0.358 e. The van der Waals surface area contributed by atoms with Gasteiger partial charge < -0.3 is 5.32 Å². The van der Waals surface area contributed by atoms with Gasteiger partial charge in [0.05, 0.1) is 11.3 Å². The van der Waals surface area contributed by atoms with Crippen LogP contribution in [-0.2, 0) is 6.18 Å². The number of anilines is 1. The van der Waals surface area contributed by atoms with Gasteiger partial charge in [0.1, 0.15) is 35.2 Å². The third kappa shape index (κ3) is 3.04. The SMILES string of the molecule is N#CC(C#N)=CNc1c(C(F)(F)F)ccc(F)c1C#N. The molecule has 0 amide bonds. The van der Waals surface area contributed by atoms with Gasteiger partial charge in [-0.15, -0.1) is 0 Å². The molecule has 1 N–H and O–H groups in total. The molecule has 0 saturated carbocycles. The standard InChI is InChI=1S/C12H4F4N4/c13-10-2-1-9(12(14,15)16)11(8(10)5-19)20-6-7(3-17)4-18/h1-2,6,20H. The van der Waals surface area contributed by atoms with Crippen LogP contribution < -0.4 is 5.32 Å². The highest BCUT2D eigenvalue weighted by molar-refractivity contribution is 5.66. The summed E-state index contributed by atoms with van der Waals surface area (Å²) in [5.74, 6) is -1.15. The van der Waals surface area contributed by atoms with Crippen LogP contribution in [-0.4, -0.2) is 0 Å². The highest BCUT2D eigenvalue weighted by atomic mass is 19.4. The van der Waals surface area contributed by atoms with Crippen LogP contribution in [0.4, 0.5) is 23.2 Å². The Morgan fingerprint density at radius 2 is 1.75 bits per heavy atom. The molecule has 1 aromatic rings. The fourth-order valence-electron chi connectivity index (χ4n) is 1.31. The molecule has 0 aliphatic heterocycles. The van der Waals surface area contributed by atoms with E-state index in [1.54, 1.807) is 0 Å². The number of nitrogens with one attached hydrogen (secondary N) is 1. The Morgan fingerprint density at radius 3 is 2.20 bits per heavy atom. The molecule has 0 fully saturated rings. The van der Waals surface area contributed by atoms with Crippen molar-refractivity contribution in [2.45, 2.75) is 6.18 Å². The van der Waals surface area contributed by atoms with Gasteiger partial charge in [-0.3, -0.25) is 0 Å². The van der Waals surface area contributed by atoms with Crippen LogP contribution in [0.3, 0.4) is 0 Å². The first-order chi connectivity index (χ1) is 9.35. The summed E-state index contributed by atoms with van der Waals surface area (Å²) in [4.78, 5) is 0. The topological polar surface area (TPSA) is 83.4 Å². The molecule has 8 heteroatoms. The number of rotatable bonds is 2. The highest BCUT2D eigenvalue weighted by Crippen LogP contribution is 2.37. The number of hydrogen-bond donors (Lipinski definition) is 1. The molecule has 1 aromatic carbocycles. The van der Waals surface area contributed by atoms with Gasteiger partial charge >= 0.3 is 6.18 Å². The zero-order chi connectivity index (χ0) is 15.3. The molecule has 4 nitrogen and oxygen atoms in total. The molecule has 20 heavy (non-hydrogen) atoms. The zero-order valence-corrected chi connectivity index (χ0v) is 9.59. The van der Waals surface area contributed by atoms with Crippen LogP contribution >= 0.6 is 0 Å². The maximum absolute atomic E-state index is 13.3. The van der Waals surface area contributed by atoms with Crippen molar-refractivity contribution in [1.82, 2.24) is 0 Å². The van der Waals surface area contributed by atoms with E-state index in [1.807, 2.05) is 5.32 Å². The molecular formula is C12H4F4N4. The Bertz CT molecular complexity index is 668. The van der Waals surface area contributed by atoms with Crippen molar-refractivity contribution in [2.75, 3.05) is 5.32 Å². The van der Waals surface area contributed by atoms with E-state index in [-0.39, 0.29) is 0 Å². The van der Waals surface area contributed by atoms with E-state index in [9.17, 15) is 17.6 Å². The van der Waals surface area contributed by atoms with Crippen molar-refractivity contribution in [2.24, 2.45) is 0 Å². The van der Waals surface area contributed by atoms with Crippen LogP contribution in [0.1, 0.15) is 11.1 Å². The normalized spacial score (nSPS) is 9.85. The van der Waals surface area contributed by atoms with E-state index in [1.165, 1.54) is 18.2 Å². The van der Waals surface area contributed by atoms with Crippen molar-refractivity contribution in [3.05, 3.63) is 40.8 Å². The Morgan fingerprint density at radius 1 is 1.15 bits per heavy atom. The average molecular weight is 280 g/mol. The lowest BCUT2D eigenvalue weighted by Crippen LogP contribution is -2.11. The predicted molar refractivity (Wildman–Crippen MR) is 59.0 cm³/mol. The number of benzene rings is 1. The van der Waals surface area contributed by atoms with E-state index in [0.717, 1.165) is 0 Å². The first-order valence-electron chi connectivity index (χ1n) is 4.91. The second-order valence-corrected chi connectivity index (χ2v) is 3.38. The monoisotopic (exact) mass is 280 g/mol. The van der Waals surface area contributed by atoms with Gasteiger partial charge in [-0.1, -0.05) is 0 Å². The molecule has 0 saturated heterocycles. The first-order valence-corrected chi connectivity index (χ1v) is 4.91. The fraction of sp³-hybridized carbons (Fsp3) is 0.0833. The molecule has 0 atom stereocenters. The molecule has 0 bridgehead atoms. The van der Waals surface area contributed by atoms with Gasteiger partial charge in [-0.2, -0.15) is 29.0 Å². The largest absolute Gasteiger partial charge is 0.418 e. The number of alkyl halides is 3. The molecule has 0 aliphatic rings. The van der Waals surface area contributed by atoms with Crippen LogP contribution in [0.2, 0.25) is 0 Å². The minimum Gasteiger partial charge on any atom is -0.358 e. The fourth-order valence-corrected chi connectivity index (χ4v) is 1.31. The summed E-state index contributed by atoms with van der Waals surface area (Å²) < 4.78 is 51.6. The summed E-state index contributed by atoms with van der Waals surface area (Å²) in [5.41, 5.74) is -3.50. The second kappa shape index (κ2) is 5.73. The van der Waals surface area contributed by atoms with Crippen molar-refractivity contribution in [1.29, 1.82) is 15.8 Å². The van der Waals surface area contributed by atoms with Gasteiger partial charge in [-0.05, 0) is 12.1 Å². The number of nitriles is 3. The van der Waals surface area contributed by atoms with Crippen LogP contribution in [0.5, 0.6) is 0 Å². The van der Waals surface area contributed by atoms with E-state index in [4.69, 9.17) is 15.8 Å². The average Bonchev–Trinajstić information content (AvgIpc) is 2.38. The first kappa shape index (κ1) is 15.0. The number of nitrogens with zero attached hydrogens (tertiary/aromatic N) is 3. The molecular weight excluding hydrogens is 276 g/mol. The number of allylic oxidation sites excluding steroid dienone is 1. The molecule has 0 aromatic heterocycles. The third-order valence-corrected chi connectivity index (χ3v) is 2.17. The van der Waals surface area contributed by atoms with Crippen molar-refractivity contribution in [3.63, 3.8) is 0 Å². The molecule has 0 unspecified atom stereocenters. The lowest BCUT2D eigenvalue weighted by Gasteiger charge is -2.14. The Labute approximate surface area is 110 Å². The van der Waals surface area contributed by atoms with Crippen molar-refractivity contribution < 1.29 is 17.6 Å². The van der Waals surface area contributed by atoms with Crippen molar-refractivity contribution in [3.8, 4) is 18.2 Å². The minimum atomic E-state index is -4.82. The highest BCUT2D eigenvalue weighted by Gasteiger charge is 2.35. The minimum absolute atomic E-state index is 0.463. The van der Waals surface area contributed by atoms with E-state index >= 15 is 0 Å². The zero-order valence-electron chi connectivity index (χ0n) is 9.59. The predicted octanol–water partition coefficient (Wildman–Crippen LogP) is 3.06. The molecule has 0 spiro atoms. The lowest BCUT2D eigenvalue weighted by molar-refractivity contribution is -0.137. The van der Waals surface area contributed by atoms with Crippen LogP contribution in [0.25, 0.3) is 0 Å². The molecule has 0 heterocycles. The van der Waals surface area contributed by atoms with E-state index < -0.39 is 34.4 Å². The number of halogens is 4. The summed E-state index contributed by atoms with van der Waals surface area (Å²) in [6, 6.07) is 5.11. The summed E-state index contributed by atoms with van der Waals surface area (Å²) in [6.07, 6.45) is -4.15. The Hall–Kier alpha value is -3.05. The maximum atomic E-state index is 13.3. The van der Waals surface area contributed by atoms with Gasteiger partial charge in [0.15, 0.2) is 0 Å². The van der Waals surface area contributed by atoms with Gasteiger partial charge in [0.25, 0.3) is 0 Å². The summed E-state index contributed by atoms with van der Waals surface area (Å²) in [7, 11) is 0. The van der Waals surface area contributed by atoms with Crippen LogP contribution in [0, 0.1) is 39.8 Å². The molecule has 0 aliphatic carbocycles. The van der Waals surface area contributed by atoms with Crippen LogP contribution in [0.15, 0.2) is 23.9 Å². The summed E-state index contributed by atoms with van der Waals surface area (Å²) in [5, 5.41) is 27.7. The van der Waals surface area contributed by atoms with Gasteiger partial charge in [0.2, 0.25) is 0 Å². The quantitative estimate of drug-likeness (QED) is 0.666. The Balaban J connectivity index is 3.47. The van der Waals surface area contributed by atoms with E-state index in [0.29, 0.717) is 18.3 Å². The number of hydrogen-bond acceptors (Lipinski definition) is 4. The summed E-state index contributed by atoms with van der Waals surface area (Å²) in [6.45, 7) is 0. The summed E-state index contributed by atoms with van der Waals surface area (Å²) >= 11 is 0. The third-order valence-electron chi connectivity index (χ3n) is 2.17. The Kier molecular flexibility index (Phi) is 4.30. The second-order valence-electron chi connectivity index (χ2n) is 3.38. The lowest BCUT2D eigenvalue weighted by atomic mass is 10.1. The maximum Gasteiger partial charge on any atom is 0.418 e. The molecule has 1 rings (SSSR count). The molecule has 100 valence electrons. The van der Waals surface area contributed by atoms with Crippen molar-refractivity contribution >= 4 is 5.69 Å².